The summed E-state index contributed by atoms with van der Waals surface area (Å²) in [5.41, 5.74) is 8.59. The van der Waals surface area contributed by atoms with Crippen LogP contribution in [-0.2, 0) is 17.8 Å². The summed E-state index contributed by atoms with van der Waals surface area (Å²) in [5.74, 6) is 1.53. The van der Waals surface area contributed by atoms with Gasteiger partial charge in [0.1, 0.15) is 17.5 Å². The molecule has 3 aliphatic heterocycles. The summed E-state index contributed by atoms with van der Waals surface area (Å²) >= 11 is 0. The molecule has 2 atom stereocenters. The second kappa shape index (κ2) is 6.52. The van der Waals surface area contributed by atoms with Crippen LogP contribution < -0.4 is 20.3 Å². The third kappa shape index (κ3) is 2.93. The fourth-order valence-electron chi connectivity index (χ4n) is 3.99. The molecule has 2 unspecified atom stereocenters. The summed E-state index contributed by atoms with van der Waals surface area (Å²) in [7, 11) is 0. The molecule has 27 heavy (non-hydrogen) atoms. The van der Waals surface area contributed by atoms with Crippen molar-refractivity contribution < 1.29 is 23.9 Å². The normalized spacial score (nSPS) is 24.1. The zero-order valence-electron chi connectivity index (χ0n) is 14.6. The molecule has 9 heteroatoms. The van der Waals surface area contributed by atoms with Crippen molar-refractivity contribution in [1.29, 1.82) is 0 Å². The summed E-state index contributed by atoms with van der Waals surface area (Å²) in [4.78, 5) is 13.6. The van der Waals surface area contributed by atoms with Gasteiger partial charge in [0.15, 0.2) is 11.5 Å². The van der Waals surface area contributed by atoms with Crippen molar-refractivity contribution in [2.45, 2.75) is 19.0 Å². The van der Waals surface area contributed by atoms with Gasteiger partial charge in [-0.15, -0.1) is 0 Å². The Morgan fingerprint density at radius 2 is 2.22 bits per heavy atom. The van der Waals surface area contributed by atoms with E-state index >= 15 is 0 Å². The highest BCUT2D eigenvalue weighted by Crippen LogP contribution is 2.38. The van der Waals surface area contributed by atoms with Gasteiger partial charge in [0.2, 0.25) is 6.79 Å². The van der Waals surface area contributed by atoms with Gasteiger partial charge in [-0.25, -0.2) is 5.43 Å². The van der Waals surface area contributed by atoms with E-state index in [1.54, 1.807) is 0 Å². The minimum atomic E-state index is -0.825. The molecule has 0 bridgehead atoms. The van der Waals surface area contributed by atoms with Crippen molar-refractivity contribution in [3.63, 3.8) is 0 Å². The number of aromatic nitrogens is 1. The van der Waals surface area contributed by atoms with Crippen molar-refractivity contribution in [3.8, 4) is 22.8 Å². The van der Waals surface area contributed by atoms with Crippen LogP contribution in [0.3, 0.4) is 0 Å². The third-order valence-corrected chi connectivity index (χ3v) is 5.40. The van der Waals surface area contributed by atoms with Crippen LogP contribution >= 0.6 is 0 Å². The van der Waals surface area contributed by atoms with E-state index in [0.717, 1.165) is 41.3 Å². The Balaban J connectivity index is 1.36. The van der Waals surface area contributed by atoms with Gasteiger partial charge in [0, 0.05) is 49.6 Å². The number of nitrogens with zero attached hydrogens (tertiary/aromatic N) is 2. The van der Waals surface area contributed by atoms with Crippen LogP contribution in [0.2, 0.25) is 0 Å². The molecule has 0 saturated carbocycles. The maximum absolute atomic E-state index is 11.4. The number of aliphatic carboxylic acids is 1. The molecule has 0 aliphatic carbocycles. The van der Waals surface area contributed by atoms with E-state index in [0.29, 0.717) is 25.4 Å². The van der Waals surface area contributed by atoms with E-state index < -0.39 is 12.0 Å². The quantitative estimate of drug-likeness (QED) is 0.711. The molecule has 3 aliphatic rings. The number of hydrazine groups is 1. The Kier molecular flexibility index (Phi) is 4.00. The fourth-order valence-corrected chi connectivity index (χ4v) is 3.99. The molecule has 1 aromatic heterocycles. The van der Waals surface area contributed by atoms with E-state index in [-0.39, 0.29) is 12.7 Å². The van der Waals surface area contributed by atoms with Crippen LogP contribution in [0.1, 0.15) is 11.3 Å². The maximum atomic E-state index is 11.4. The largest absolute Gasteiger partial charge is 0.480 e. The van der Waals surface area contributed by atoms with Crippen molar-refractivity contribution in [2.24, 2.45) is 5.92 Å². The molecule has 142 valence electrons. The first kappa shape index (κ1) is 16.5. The van der Waals surface area contributed by atoms with Crippen molar-refractivity contribution >= 4 is 5.97 Å². The molecule has 1 saturated heterocycles. The molecule has 9 nitrogen and oxygen atoms in total. The number of rotatable bonds is 4. The van der Waals surface area contributed by atoms with E-state index in [9.17, 15) is 9.90 Å². The molecule has 5 rings (SSSR count). The van der Waals surface area contributed by atoms with Gasteiger partial charge in [-0.1, -0.05) is 5.16 Å². The average molecular weight is 372 g/mol. The highest BCUT2D eigenvalue weighted by atomic mass is 16.7. The number of hydrogen-bond donors (Lipinski definition) is 3. The van der Waals surface area contributed by atoms with Crippen LogP contribution in [0.4, 0.5) is 0 Å². The minimum Gasteiger partial charge on any atom is -0.480 e. The van der Waals surface area contributed by atoms with Gasteiger partial charge in [0.05, 0.1) is 0 Å². The number of carboxylic acids is 1. The van der Waals surface area contributed by atoms with Crippen molar-refractivity contribution in [1.82, 2.24) is 20.9 Å². The van der Waals surface area contributed by atoms with Crippen molar-refractivity contribution in [2.75, 3.05) is 26.4 Å². The highest BCUT2D eigenvalue weighted by Gasteiger charge is 2.35. The molecular weight excluding hydrogens is 352 g/mol. The number of hydrogen-bond acceptors (Lipinski definition) is 8. The zero-order valence-corrected chi connectivity index (χ0v) is 14.6. The van der Waals surface area contributed by atoms with E-state index in [4.69, 9.17) is 14.0 Å². The predicted octanol–water partition coefficient (Wildman–Crippen LogP) is 0.606. The van der Waals surface area contributed by atoms with Gasteiger partial charge in [-0.3, -0.25) is 15.1 Å². The van der Waals surface area contributed by atoms with E-state index in [1.165, 1.54) is 0 Å². The molecular formula is C18H20N4O5. The van der Waals surface area contributed by atoms with Gasteiger partial charge < -0.3 is 19.1 Å². The SMILES string of the molecule is O=C(O)C1NNCC1CN1CCc2onc(-c3ccc4c(c3)OCO4)c2C1. The molecule has 2 aromatic rings. The van der Waals surface area contributed by atoms with E-state index in [1.807, 2.05) is 18.2 Å². The predicted molar refractivity (Wildman–Crippen MR) is 93.1 cm³/mol. The minimum absolute atomic E-state index is 0.0119. The lowest BCUT2D eigenvalue weighted by Crippen LogP contribution is -2.43. The fraction of sp³-hybridized carbons (Fsp3) is 0.444. The van der Waals surface area contributed by atoms with Crippen LogP contribution in [0.15, 0.2) is 22.7 Å². The Morgan fingerprint density at radius 3 is 3.11 bits per heavy atom. The summed E-state index contributed by atoms with van der Waals surface area (Å²) in [6.45, 7) is 3.08. The van der Waals surface area contributed by atoms with Crippen LogP contribution in [0, 0.1) is 5.92 Å². The lowest BCUT2D eigenvalue weighted by atomic mass is 9.97. The average Bonchev–Trinajstić information content (AvgIpc) is 3.39. The molecule has 1 aromatic carbocycles. The number of carbonyl (C=O) groups is 1. The highest BCUT2D eigenvalue weighted by molar-refractivity contribution is 5.74. The van der Waals surface area contributed by atoms with Crippen molar-refractivity contribution in [3.05, 3.63) is 29.5 Å². The first-order chi connectivity index (χ1) is 13.2. The zero-order chi connectivity index (χ0) is 18.4. The summed E-state index contributed by atoms with van der Waals surface area (Å²) in [5, 5.41) is 13.6. The van der Waals surface area contributed by atoms with Crippen LogP contribution in [0.5, 0.6) is 11.5 Å². The van der Waals surface area contributed by atoms with E-state index in [2.05, 4.69) is 20.9 Å². The summed E-state index contributed by atoms with van der Waals surface area (Å²) < 4.78 is 16.4. The van der Waals surface area contributed by atoms with Crippen LogP contribution in [0.25, 0.3) is 11.3 Å². The first-order valence-electron chi connectivity index (χ1n) is 9.00. The Labute approximate surface area is 155 Å². The summed E-state index contributed by atoms with van der Waals surface area (Å²) in [6, 6.07) is 5.19. The van der Waals surface area contributed by atoms with Gasteiger partial charge >= 0.3 is 5.97 Å². The molecule has 3 N–H and O–H groups in total. The number of nitrogens with one attached hydrogen (secondary N) is 2. The lowest BCUT2D eigenvalue weighted by molar-refractivity contribution is -0.140. The second-order valence-electron chi connectivity index (χ2n) is 7.09. The summed E-state index contributed by atoms with van der Waals surface area (Å²) in [6.07, 6.45) is 0.762. The monoisotopic (exact) mass is 372 g/mol. The topological polar surface area (TPSA) is 109 Å². The molecule has 0 spiro atoms. The maximum Gasteiger partial charge on any atom is 0.322 e. The second-order valence-corrected chi connectivity index (χ2v) is 7.09. The Morgan fingerprint density at radius 1 is 1.33 bits per heavy atom. The molecule has 4 heterocycles. The Bertz CT molecular complexity index is 883. The number of carboxylic acid groups (broad SMARTS) is 1. The molecule has 1 fully saturated rings. The Hall–Kier alpha value is -2.62. The molecule has 0 amide bonds. The van der Waals surface area contributed by atoms with Gasteiger partial charge in [-0.05, 0) is 18.2 Å². The smallest absolute Gasteiger partial charge is 0.322 e. The standard InChI is InChI=1S/C18H20N4O5/c23-18(24)17-11(6-19-20-17)7-22-4-3-13-12(8-22)16(21-27-13)10-1-2-14-15(5-10)26-9-25-14/h1-2,5,11,17,19-20H,3-4,6-9H2,(H,23,24). The first-order valence-corrected chi connectivity index (χ1v) is 9.00. The van der Waals surface area contributed by atoms with Gasteiger partial charge in [-0.2, -0.15) is 0 Å². The van der Waals surface area contributed by atoms with Crippen LogP contribution in [-0.4, -0.2) is 53.6 Å². The number of benzene rings is 1. The third-order valence-electron chi connectivity index (χ3n) is 5.40. The lowest BCUT2D eigenvalue weighted by Gasteiger charge is -2.29. The number of fused-ring (bicyclic) bond motifs is 2. The van der Waals surface area contributed by atoms with Gasteiger partial charge in [0.25, 0.3) is 0 Å². The molecule has 0 radical (unpaired) electrons. The number of ether oxygens (including phenoxy) is 2.